The summed E-state index contributed by atoms with van der Waals surface area (Å²) in [6, 6.07) is 7.49. The summed E-state index contributed by atoms with van der Waals surface area (Å²) in [5, 5.41) is 12.4. The summed E-state index contributed by atoms with van der Waals surface area (Å²) in [6.45, 7) is 1.81. The number of nitrogens with one attached hydrogen (secondary N) is 1. The number of anilines is 1. The number of aliphatic hydroxyl groups excluding tert-OH is 1. The molecule has 1 amide bonds. The van der Waals surface area contributed by atoms with Crippen molar-refractivity contribution in [2.24, 2.45) is 0 Å². The highest BCUT2D eigenvalue weighted by molar-refractivity contribution is 9.10. The number of nitrogens with zero attached hydrogens (tertiary/aromatic N) is 1. The molecule has 0 radical (unpaired) electrons. The number of piperidine rings is 1. The molecular formula is C13H17BrN2O2. The minimum atomic E-state index is -0.292. The predicted octanol–water partition coefficient (Wildman–Crippen LogP) is 1.84. The van der Waals surface area contributed by atoms with Gasteiger partial charge >= 0.3 is 0 Å². The SMILES string of the molecule is O=C(CN1CCC[C@H](O)C1)Nc1ccc(Br)cc1. The normalized spacial score (nSPS) is 20.7. The largest absolute Gasteiger partial charge is 0.392 e. The van der Waals surface area contributed by atoms with E-state index in [1.54, 1.807) is 0 Å². The molecule has 1 heterocycles. The monoisotopic (exact) mass is 312 g/mol. The second kappa shape index (κ2) is 6.31. The molecular weight excluding hydrogens is 296 g/mol. The standard InChI is InChI=1S/C13H17BrN2O2/c14-10-3-5-11(6-4-10)15-13(18)9-16-7-1-2-12(17)8-16/h3-6,12,17H,1-2,7-9H2,(H,15,18)/t12-/m0/s1. The second-order valence-corrected chi connectivity index (χ2v) is 5.50. The van der Waals surface area contributed by atoms with Crippen molar-refractivity contribution >= 4 is 27.5 Å². The number of hydrogen-bond acceptors (Lipinski definition) is 3. The lowest BCUT2D eigenvalue weighted by atomic mass is 10.1. The van der Waals surface area contributed by atoms with Crippen molar-refractivity contribution in [1.29, 1.82) is 0 Å². The molecule has 0 bridgehead atoms. The van der Waals surface area contributed by atoms with Crippen LogP contribution in [0, 0.1) is 0 Å². The number of hydrogen-bond donors (Lipinski definition) is 2. The van der Waals surface area contributed by atoms with Crippen LogP contribution >= 0.6 is 15.9 Å². The zero-order valence-corrected chi connectivity index (χ0v) is 11.7. The molecule has 2 N–H and O–H groups in total. The number of benzene rings is 1. The zero-order valence-electron chi connectivity index (χ0n) is 10.1. The first-order valence-corrected chi connectivity index (χ1v) is 6.88. The number of amides is 1. The maximum atomic E-state index is 11.8. The van der Waals surface area contributed by atoms with Crippen LogP contribution in [-0.4, -0.2) is 41.7 Å². The lowest BCUT2D eigenvalue weighted by Gasteiger charge is -2.29. The Hall–Kier alpha value is -0.910. The number of β-amino-alcohol motifs (C(OH)–C–C–N with tert-alkyl or cyclic N) is 1. The summed E-state index contributed by atoms with van der Waals surface area (Å²) in [7, 11) is 0. The van der Waals surface area contributed by atoms with E-state index < -0.39 is 0 Å². The van der Waals surface area contributed by atoms with Gasteiger partial charge in [-0.15, -0.1) is 0 Å². The molecule has 0 unspecified atom stereocenters. The van der Waals surface area contributed by atoms with Gasteiger partial charge in [-0.25, -0.2) is 0 Å². The molecule has 0 saturated carbocycles. The summed E-state index contributed by atoms with van der Waals surface area (Å²) in [5.41, 5.74) is 0.792. The molecule has 1 fully saturated rings. The molecule has 1 aromatic carbocycles. The van der Waals surface area contributed by atoms with Gasteiger partial charge in [-0.05, 0) is 43.7 Å². The summed E-state index contributed by atoms with van der Waals surface area (Å²) < 4.78 is 0.986. The average molecular weight is 313 g/mol. The maximum Gasteiger partial charge on any atom is 0.238 e. The molecule has 18 heavy (non-hydrogen) atoms. The zero-order chi connectivity index (χ0) is 13.0. The van der Waals surface area contributed by atoms with Crippen molar-refractivity contribution in [2.75, 3.05) is 25.0 Å². The number of likely N-dealkylation sites (tertiary alicyclic amines) is 1. The average Bonchev–Trinajstić information content (AvgIpc) is 2.32. The van der Waals surface area contributed by atoms with Gasteiger partial charge in [-0.2, -0.15) is 0 Å². The first kappa shape index (κ1) is 13.5. The van der Waals surface area contributed by atoms with Crippen LogP contribution in [-0.2, 0) is 4.79 Å². The Labute approximate surface area is 115 Å². The summed E-state index contributed by atoms with van der Waals surface area (Å²) in [6.07, 6.45) is 1.50. The van der Waals surface area contributed by atoms with Crippen molar-refractivity contribution in [3.63, 3.8) is 0 Å². The molecule has 1 aromatic rings. The van der Waals surface area contributed by atoms with Crippen LogP contribution in [0.2, 0.25) is 0 Å². The molecule has 5 heteroatoms. The van der Waals surface area contributed by atoms with Crippen molar-refractivity contribution in [2.45, 2.75) is 18.9 Å². The Kier molecular flexibility index (Phi) is 4.74. The topological polar surface area (TPSA) is 52.6 Å². The molecule has 0 aromatic heterocycles. The minimum Gasteiger partial charge on any atom is -0.392 e. The van der Waals surface area contributed by atoms with Gasteiger partial charge in [-0.1, -0.05) is 15.9 Å². The van der Waals surface area contributed by atoms with Crippen molar-refractivity contribution < 1.29 is 9.90 Å². The summed E-state index contributed by atoms with van der Waals surface area (Å²) >= 11 is 3.35. The predicted molar refractivity (Wildman–Crippen MR) is 74.5 cm³/mol. The highest BCUT2D eigenvalue weighted by atomic mass is 79.9. The highest BCUT2D eigenvalue weighted by Gasteiger charge is 2.19. The number of carbonyl (C=O) groups excluding carboxylic acids is 1. The van der Waals surface area contributed by atoms with Crippen molar-refractivity contribution in [1.82, 2.24) is 4.90 Å². The summed E-state index contributed by atoms with van der Waals surface area (Å²) in [4.78, 5) is 13.8. The highest BCUT2D eigenvalue weighted by Crippen LogP contribution is 2.14. The van der Waals surface area contributed by atoms with Crippen molar-refractivity contribution in [3.8, 4) is 0 Å². The molecule has 0 spiro atoms. The van der Waals surface area contributed by atoms with E-state index in [0.717, 1.165) is 29.5 Å². The maximum absolute atomic E-state index is 11.8. The Bertz CT molecular complexity index is 408. The van der Waals surface area contributed by atoms with Crippen molar-refractivity contribution in [3.05, 3.63) is 28.7 Å². The van der Waals surface area contributed by atoms with Gasteiger partial charge in [-0.3, -0.25) is 9.69 Å². The number of halogens is 1. The van der Waals surface area contributed by atoms with E-state index in [1.165, 1.54) is 0 Å². The van der Waals surface area contributed by atoms with E-state index in [0.29, 0.717) is 13.1 Å². The van der Waals surface area contributed by atoms with Gasteiger partial charge in [0.25, 0.3) is 0 Å². The van der Waals surface area contributed by atoms with Crippen LogP contribution in [0.1, 0.15) is 12.8 Å². The van der Waals surface area contributed by atoms with Gasteiger partial charge in [0.2, 0.25) is 5.91 Å². The molecule has 4 nitrogen and oxygen atoms in total. The molecule has 1 atom stereocenters. The lowest BCUT2D eigenvalue weighted by molar-refractivity contribution is -0.118. The number of carbonyl (C=O) groups is 1. The molecule has 0 aliphatic carbocycles. The first-order valence-electron chi connectivity index (χ1n) is 6.09. The van der Waals surface area contributed by atoms with E-state index in [-0.39, 0.29) is 12.0 Å². The van der Waals surface area contributed by atoms with Gasteiger partial charge in [0.15, 0.2) is 0 Å². The van der Waals surface area contributed by atoms with E-state index in [4.69, 9.17) is 0 Å². The fourth-order valence-corrected chi connectivity index (χ4v) is 2.38. The minimum absolute atomic E-state index is 0.0357. The number of aliphatic hydroxyl groups is 1. The van der Waals surface area contributed by atoms with Gasteiger partial charge in [0.1, 0.15) is 0 Å². The first-order chi connectivity index (χ1) is 8.63. The molecule has 2 rings (SSSR count). The van der Waals surface area contributed by atoms with Crippen LogP contribution in [0.15, 0.2) is 28.7 Å². The third-order valence-electron chi connectivity index (χ3n) is 2.98. The van der Waals surface area contributed by atoms with E-state index in [1.807, 2.05) is 29.2 Å². The van der Waals surface area contributed by atoms with Crippen LogP contribution in [0.5, 0.6) is 0 Å². The van der Waals surface area contributed by atoms with Gasteiger partial charge in [0, 0.05) is 16.7 Å². The van der Waals surface area contributed by atoms with Crippen LogP contribution < -0.4 is 5.32 Å². The second-order valence-electron chi connectivity index (χ2n) is 4.59. The van der Waals surface area contributed by atoms with E-state index >= 15 is 0 Å². The van der Waals surface area contributed by atoms with Crippen LogP contribution in [0.25, 0.3) is 0 Å². The van der Waals surface area contributed by atoms with E-state index in [9.17, 15) is 9.90 Å². The third-order valence-corrected chi connectivity index (χ3v) is 3.50. The summed E-state index contributed by atoms with van der Waals surface area (Å²) in [5.74, 6) is -0.0357. The fourth-order valence-electron chi connectivity index (χ4n) is 2.11. The van der Waals surface area contributed by atoms with Gasteiger partial charge in [0.05, 0.1) is 12.6 Å². The number of rotatable bonds is 3. The fraction of sp³-hybridized carbons (Fsp3) is 0.462. The molecule has 98 valence electrons. The quantitative estimate of drug-likeness (QED) is 0.895. The Morgan fingerprint density at radius 2 is 2.17 bits per heavy atom. The molecule has 1 aliphatic heterocycles. The van der Waals surface area contributed by atoms with Crippen LogP contribution in [0.3, 0.4) is 0 Å². The molecule has 1 aliphatic rings. The Morgan fingerprint density at radius 3 is 2.83 bits per heavy atom. The Balaban J connectivity index is 1.83. The smallest absolute Gasteiger partial charge is 0.238 e. The van der Waals surface area contributed by atoms with E-state index in [2.05, 4.69) is 21.2 Å². The molecule has 1 saturated heterocycles. The third kappa shape index (κ3) is 4.08. The van der Waals surface area contributed by atoms with Crippen LogP contribution in [0.4, 0.5) is 5.69 Å². The van der Waals surface area contributed by atoms with Gasteiger partial charge < -0.3 is 10.4 Å². The Morgan fingerprint density at radius 1 is 1.44 bits per heavy atom. The lowest BCUT2D eigenvalue weighted by Crippen LogP contribution is -2.42.